The van der Waals surface area contributed by atoms with Crippen LogP contribution in [0.4, 0.5) is 0 Å². The maximum Gasteiger partial charge on any atom is 0.134 e. The van der Waals surface area contributed by atoms with Crippen LogP contribution < -0.4 is 0 Å². The minimum Gasteiger partial charge on any atom is -0.377 e. The Bertz CT molecular complexity index is 814. The molecule has 3 aromatic carbocycles. The standard InChI is InChI=1S/C23H18O/c24-23(21-15-6-2-7-16-21,22-17-8-3-9-18-22)19-11-10-14-20-12-4-1-5-13-20/h1-9,11-13,15-19,24H/b19-11+. The van der Waals surface area contributed by atoms with Crippen molar-refractivity contribution in [3.05, 3.63) is 120 Å². The zero-order chi connectivity index (χ0) is 16.7. The predicted octanol–water partition coefficient (Wildman–Crippen LogP) is 4.53. The summed E-state index contributed by atoms with van der Waals surface area (Å²) >= 11 is 0. The molecule has 0 aromatic heterocycles. The van der Waals surface area contributed by atoms with Crippen molar-refractivity contribution in [2.45, 2.75) is 5.60 Å². The van der Waals surface area contributed by atoms with Gasteiger partial charge < -0.3 is 5.11 Å². The second-order valence-corrected chi connectivity index (χ2v) is 5.47. The average molecular weight is 310 g/mol. The Morgan fingerprint density at radius 2 is 1.12 bits per heavy atom. The first-order valence-electron chi connectivity index (χ1n) is 7.87. The lowest BCUT2D eigenvalue weighted by molar-refractivity contribution is 0.134. The molecule has 0 radical (unpaired) electrons. The summed E-state index contributed by atoms with van der Waals surface area (Å²) in [6, 6.07) is 29.0. The van der Waals surface area contributed by atoms with E-state index < -0.39 is 5.60 Å². The molecule has 1 heteroatoms. The van der Waals surface area contributed by atoms with Gasteiger partial charge in [-0.1, -0.05) is 90.7 Å². The highest BCUT2D eigenvalue weighted by Crippen LogP contribution is 2.30. The van der Waals surface area contributed by atoms with Crippen LogP contribution in [0.2, 0.25) is 0 Å². The van der Waals surface area contributed by atoms with Crippen LogP contribution in [0.25, 0.3) is 0 Å². The van der Waals surface area contributed by atoms with E-state index in [0.717, 1.165) is 16.7 Å². The van der Waals surface area contributed by atoms with Crippen molar-refractivity contribution < 1.29 is 5.11 Å². The highest BCUT2D eigenvalue weighted by Gasteiger charge is 2.27. The smallest absolute Gasteiger partial charge is 0.134 e. The van der Waals surface area contributed by atoms with Gasteiger partial charge in [-0.15, -0.1) is 0 Å². The molecule has 0 saturated carbocycles. The Kier molecular flexibility index (Phi) is 4.91. The van der Waals surface area contributed by atoms with E-state index in [9.17, 15) is 5.11 Å². The maximum atomic E-state index is 11.3. The predicted molar refractivity (Wildman–Crippen MR) is 98.3 cm³/mol. The zero-order valence-corrected chi connectivity index (χ0v) is 13.3. The summed E-state index contributed by atoms with van der Waals surface area (Å²) in [5.41, 5.74) is 1.38. The third-order valence-electron chi connectivity index (χ3n) is 3.83. The first kappa shape index (κ1) is 15.8. The SMILES string of the molecule is OC(/C=C/C#Cc1ccccc1)(c1ccccc1)c1ccccc1. The van der Waals surface area contributed by atoms with Gasteiger partial charge in [-0.3, -0.25) is 0 Å². The van der Waals surface area contributed by atoms with Gasteiger partial charge in [0, 0.05) is 5.56 Å². The molecule has 1 N–H and O–H groups in total. The van der Waals surface area contributed by atoms with Crippen LogP contribution in [-0.2, 0) is 5.60 Å². The molecule has 0 amide bonds. The molecular weight excluding hydrogens is 292 g/mol. The highest BCUT2D eigenvalue weighted by molar-refractivity contribution is 5.43. The molecule has 116 valence electrons. The lowest BCUT2D eigenvalue weighted by Crippen LogP contribution is -2.24. The number of benzene rings is 3. The largest absolute Gasteiger partial charge is 0.377 e. The monoisotopic (exact) mass is 310 g/mol. The molecule has 0 heterocycles. The Morgan fingerprint density at radius 3 is 1.62 bits per heavy atom. The van der Waals surface area contributed by atoms with E-state index in [2.05, 4.69) is 11.8 Å². The van der Waals surface area contributed by atoms with Crippen molar-refractivity contribution in [1.29, 1.82) is 0 Å². The van der Waals surface area contributed by atoms with Gasteiger partial charge >= 0.3 is 0 Å². The van der Waals surface area contributed by atoms with E-state index in [1.807, 2.05) is 91.0 Å². The van der Waals surface area contributed by atoms with Crippen LogP contribution in [0.1, 0.15) is 16.7 Å². The first-order valence-corrected chi connectivity index (χ1v) is 7.87. The summed E-state index contributed by atoms with van der Waals surface area (Å²) < 4.78 is 0. The van der Waals surface area contributed by atoms with E-state index in [-0.39, 0.29) is 0 Å². The Hall–Kier alpha value is -3.08. The lowest BCUT2D eigenvalue weighted by atomic mass is 9.86. The summed E-state index contributed by atoms with van der Waals surface area (Å²) in [5.74, 6) is 6.08. The number of hydrogen-bond donors (Lipinski definition) is 1. The van der Waals surface area contributed by atoms with E-state index in [0.29, 0.717) is 0 Å². The van der Waals surface area contributed by atoms with Crippen LogP contribution in [0.3, 0.4) is 0 Å². The number of rotatable bonds is 3. The Balaban J connectivity index is 1.95. The van der Waals surface area contributed by atoms with Gasteiger partial charge in [0.2, 0.25) is 0 Å². The Labute approximate surface area is 142 Å². The minimum absolute atomic E-state index is 0.814. The molecule has 0 atom stereocenters. The molecule has 24 heavy (non-hydrogen) atoms. The topological polar surface area (TPSA) is 20.2 Å². The van der Waals surface area contributed by atoms with Crippen LogP contribution in [-0.4, -0.2) is 5.11 Å². The molecule has 0 aliphatic heterocycles. The van der Waals surface area contributed by atoms with Gasteiger partial charge in [0.25, 0.3) is 0 Å². The second-order valence-electron chi connectivity index (χ2n) is 5.47. The number of hydrogen-bond acceptors (Lipinski definition) is 1. The molecule has 0 bridgehead atoms. The fraction of sp³-hybridized carbons (Fsp3) is 0.0435. The van der Waals surface area contributed by atoms with Gasteiger partial charge in [0.15, 0.2) is 0 Å². The Morgan fingerprint density at radius 1 is 0.667 bits per heavy atom. The average Bonchev–Trinajstić information content (AvgIpc) is 2.67. The molecule has 3 aromatic rings. The van der Waals surface area contributed by atoms with Gasteiger partial charge in [0.1, 0.15) is 5.60 Å². The molecule has 0 fully saturated rings. The van der Waals surface area contributed by atoms with Crippen LogP contribution in [0.15, 0.2) is 103 Å². The van der Waals surface area contributed by atoms with Gasteiger partial charge in [-0.2, -0.15) is 0 Å². The highest BCUT2D eigenvalue weighted by atomic mass is 16.3. The van der Waals surface area contributed by atoms with Gasteiger partial charge in [-0.05, 0) is 35.4 Å². The zero-order valence-electron chi connectivity index (χ0n) is 13.3. The first-order chi connectivity index (χ1) is 11.8. The van der Waals surface area contributed by atoms with Crippen molar-refractivity contribution in [3.8, 4) is 11.8 Å². The molecule has 0 aliphatic rings. The molecule has 0 spiro atoms. The molecule has 0 aliphatic carbocycles. The normalized spacial score (nSPS) is 11.0. The van der Waals surface area contributed by atoms with E-state index in [1.54, 1.807) is 12.2 Å². The number of allylic oxidation sites excluding steroid dienone is 1. The van der Waals surface area contributed by atoms with E-state index in [4.69, 9.17) is 0 Å². The van der Waals surface area contributed by atoms with Gasteiger partial charge in [0.05, 0.1) is 0 Å². The third kappa shape index (κ3) is 3.63. The molecule has 0 unspecified atom stereocenters. The molecule has 0 saturated heterocycles. The second kappa shape index (κ2) is 7.46. The van der Waals surface area contributed by atoms with Crippen molar-refractivity contribution in [1.82, 2.24) is 0 Å². The maximum absolute atomic E-state index is 11.3. The van der Waals surface area contributed by atoms with Crippen LogP contribution in [0.5, 0.6) is 0 Å². The minimum atomic E-state index is -1.20. The van der Waals surface area contributed by atoms with E-state index >= 15 is 0 Å². The van der Waals surface area contributed by atoms with Crippen molar-refractivity contribution in [3.63, 3.8) is 0 Å². The fourth-order valence-electron chi connectivity index (χ4n) is 2.55. The molecule has 3 rings (SSSR count). The summed E-state index contributed by atoms with van der Waals surface area (Å²) in [6.07, 6.45) is 3.46. The molecular formula is C23H18O. The summed E-state index contributed by atoms with van der Waals surface area (Å²) in [5, 5.41) is 11.3. The van der Waals surface area contributed by atoms with Crippen molar-refractivity contribution in [2.24, 2.45) is 0 Å². The summed E-state index contributed by atoms with van der Waals surface area (Å²) in [6.45, 7) is 0. The van der Waals surface area contributed by atoms with Crippen molar-refractivity contribution in [2.75, 3.05) is 0 Å². The van der Waals surface area contributed by atoms with Crippen LogP contribution in [0, 0.1) is 11.8 Å². The van der Waals surface area contributed by atoms with Gasteiger partial charge in [-0.25, -0.2) is 0 Å². The summed E-state index contributed by atoms with van der Waals surface area (Å²) in [4.78, 5) is 0. The lowest BCUT2D eigenvalue weighted by Gasteiger charge is -2.25. The van der Waals surface area contributed by atoms with Crippen LogP contribution >= 0.6 is 0 Å². The van der Waals surface area contributed by atoms with Crippen molar-refractivity contribution >= 4 is 0 Å². The number of aliphatic hydroxyl groups is 1. The third-order valence-corrected chi connectivity index (χ3v) is 3.83. The summed E-state index contributed by atoms with van der Waals surface area (Å²) in [7, 11) is 0. The fourth-order valence-corrected chi connectivity index (χ4v) is 2.55. The quantitative estimate of drug-likeness (QED) is 0.705. The molecule has 1 nitrogen and oxygen atoms in total. The van der Waals surface area contributed by atoms with E-state index in [1.165, 1.54) is 0 Å².